The number of carbonyl (C=O) groups excluding carboxylic acids is 2. The molecule has 0 aliphatic carbocycles. The lowest BCUT2D eigenvalue weighted by atomic mass is 10.0. The van der Waals surface area contributed by atoms with Crippen molar-refractivity contribution in [2.45, 2.75) is 354 Å². The molecule has 0 radical (unpaired) electrons. The van der Waals surface area contributed by atoms with E-state index >= 15 is 0 Å². The van der Waals surface area contributed by atoms with E-state index in [4.69, 9.17) is 13.8 Å². The third-order valence-corrected chi connectivity index (χ3v) is 17.3. The van der Waals surface area contributed by atoms with Gasteiger partial charge in [-0.25, -0.2) is 4.57 Å². The molecular formula is C77H142N2O7P+. The van der Waals surface area contributed by atoms with Gasteiger partial charge in [-0.2, -0.15) is 0 Å². The molecule has 2 N–H and O–H groups in total. The number of nitrogens with one attached hydrogen (secondary N) is 1. The van der Waals surface area contributed by atoms with E-state index in [-0.39, 0.29) is 31.5 Å². The molecule has 0 spiro atoms. The maximum atomic E-state index is 13.6. The van der Waals surface area contributed by atoms with Gasteiger partial charge in [-0.15, -0.1) is 0 Å². The second-order valence-corrected chi connectivity index (χ2v) is 27.6. The molecule has 0 aliphatic rings. The highest BCUT2D eigenvalue weighted by atomic mass is 31.2. The zero-order valence-corrected chi connectivity index (χ0v) is 58.9. The Morgan fingerprint density at radius 2 is 0.701 bits per heavy atom. The molecule has 0 heterocycles. The summed E-state index contributed by atoms with van der Waals surface area (Å²) in [5.74, 6) is -0.503. The summed E-state index contributed by atoms with van der Waals surface area (Å²) in [4.78, 5) is 38.0. The lowest BCUT2D eigenvalue weighted by Crippen LogP contribution is -2.47. The first-order valence-corrected chi connectivity index (χ1v) is 38.4. The van der Waals surface area contributed by atoms with Crippen molar-refractivity contribution in [2.24, 2.45) is 0 Å². The van der Waals surface area contributed by atoms with Crippen molar-refractivity contribution in [3.05, 3.63) is 85.1 Å². The Hall–Kier alpha value is -2.81. The van der Waals surface area contributed by atoms with E-state index in [1.165, 1.54) is 225 Å². The van der Waals surface area contributed by atoms with Gasteiger partial charge in [0.1, 0.15) is 19.3 Å². The van der Waals surface area contributed by atoms with Gasteiger partial charge in [0.05, 0.1) is 33.8 Å². The largest absolute Gasteiger partial charge is 0.472 e. The van der Waals surface area contributed by atoms with E-state index in [1.54, 1.807) is 0 Å². The van der Waals surface area contributed by atoms with Gasteiger partial charge >= 0.3 is 13.8 Å². The Balaban J connectivity index is 5.08. The van der Waals surface area contributed by atoms with Crippen molar-refractivity contribution in [1.82, 2.24) is 5.32 Å². The molecule has 0 aliphatic heterocycles. The molecule has 9 nitrogen and oxygen atoms in total. The highest BCUT2D eigenvalue weighted by Gasteiger charge is 2.30. The minimum atomic E-state index is -4.46. The van der Waals surface area contributed by atoms with E-state index < -0.39 is 20.0 Å². The quantitative estimate of drug-likeness (QED) is 0.0205. The molecule has 0 aromatic heterocycles. The highest BCUT2D eigenvalue weighted by Crippen LogP contribution is 2.43. The fourth-order valence-electron chi connectivity index (χ4n) is 10.6. The van der Waals surface area contributed by atoms with Crippen LogP contribution in [0, 0.1) is 0 Å². The number of amides is 1. The van der Waals surface area contributed by atoms with E-state index in [2.05, 4.69) is 99.0 Å². The van der Waals surface area contributed by atoms with Gasteiger partial charge < -0.3 is 19.4 Å². The van der Waals surface area contributed by atoms with Gasteiger partial charge in [-0.1, -0.05) is 305 Å². The minimum Gasteiger partial charge on any atom is -0.456 e. The fourth-order valence-corrected chi connectivity index (χ4v) is 11.3. The Kier molecular flexibility index (Phi) is 64.0. The summed E-state index contributed by atoms with van der Waals surface area (Å²) in [7, 11) is 1.49. The molecule has 0 aromatic rings. The number of phosphoric ester groups is 1. The molecule has 0 aromatic carbocycles. The van der Waals surface area contributed by atoms with Gasteiger partial charge in [0, 0.05) is 12.8 Å². The normalized spacial score (nSPS) is 14.0. The van der Waals surface area contributed by atoms with Crippen LogP contribution in [0.5, 0.6) is 0 Å². The lowest BCUT2D eigenvalue weighted by Gasteiger charge is -2.27. The first-order valence-electron chi connectivity index (χ1n) is 36.9. The summed E-state index contributed by atoms with van der Waals surface area (Å²) in [6.45, 7) is 6.99. The van der Waals surface area contributed by atoms with Crippen LogP contribution in [0.2, 0.25) is 0 Å². The van der Waals surface area contributed by atoms with Gasteiger partial charge in [0.15, 0.2) is 0 Å². The van der Waals surface area contributed by atoms with Crippen LogP contribution in [0.1, 0.15) is 342 Å². The van der Waals surface area contributed by atoms with Crippen molar-refractivity contribution >= 4 is 19.7 Å². The van der Waals surface area contributed by atoms with Crippen LogP contribution in [-0.4, -0.2) is 74.3 Å². The number of nitrogens with zero attached hydrogens (tertiary/aromatic N) is 1. The van der Waals surface area contributed by atoms with Crippen LogP contribution < -0.4 is 5.32 Å². The lowest BCUT2D eigenvalue weighted by molar-refractivity contribution is -0.870. The number of hydrogen-bond acceptors (Lipinski definition) is 6. The van der Waals surface area contributed by atoms with E-state index in [1.807, 2.05) is 33.3 Å². The molecule has 87 heavy (non-hydrogen) atoms. The van der Waals surface area contributed by atoms with E-state index in [9.17, 15) is 19.0 Å². The second kappa shape index (κ2) is 66.1. The second-order valence-electron chi connectivity index (χ2n) is 26.1. The van der Waals surface area contributed by atoms with Crippen molar-refractivity contribution < 1.29 is 37.3 Å². The van der Waals surface area contributed by atoms with Crippen LogP contribution in [0.25, 0.3) is 0 Å². The van der Waals surface area contributed by atoms with Crippen molar-refractivity contribution in [3.63, 3.8) is 0 Å². The Bertz CT molecular complexity index is 1760. The monoisotopic (exact) mass is 1240 g/mol. The maximum absolute atomic E-state index is 13.6. The summed E-state index contributed by atoms with van der Waals surface area (Å²) >= 11 is 0. The molecule has 3 unspecified atom stereocenters. The SMILES string of the molecule is CCCCC/C=C\C/C=C\C/C=C\CCCCCCCCCCCCCCC(=O)OC(/C=C/CCCCCCCCCCCCC)C(COP(=O)(O)OCC[N+](C)(C)C)NC(=O)CCCCCCCCCCCC/C=C\C/C=C\C/C=C\CCCCC. The Morgan fingerprint density at radius 3 is 1.07 bits per heavy atom. The number of unbranched alkanes of at least 4 members (excludes halogenated alkanes) is 39. The van der Waals surface area contributed by atoms with Crippen molar-refractivity contribution in [1.29, 1.82) is 0 Å². The average Bonchev–Trinajstić information content (AvgIpc) is 3.70. The zero-order chi connectivity index (χ0) is 63.5. The van der Waals surface area contributed by atoms with Crippen LogP contribution >= 0.6 is 7.82 Å². The summed E-state index contributed by atoms with van der Waals surface area (Å²) in [6, 6.07) is -0.856. The summed E-state index contributed by atoms with van der Waals surface area (Å²) in [5, 5.41) is 3.08. The summed E-state index contributed by atoms with van der Waals surface area (Å²) < 4.78 is 30.9. The standard InChI is InChI=1S/C77H141N2O7P/c1-7-10-13-16-19-22-25-28-30-32-34-36-38-39-41-43-45-47-49-52-55-58-61-64-67-70-77(81)86-75(68-65-62-59-56-53-50-27-24-21-18-15-12-9-3)74(73-85-87(82,83)84-72-71-79(4,5)6)78-76(80)69-66-63-60-57-54-51-48-46-44-42-40-37-35-33-31-29-26-23-20-17-14-11-8-2/h19-20,22-23,28-31,34-37,65,68,74-75H,7-18,21,24-27,32-33,38-64,66-67,69-73H2,1-6H3,(H-,78,80,82,83)/p+1/b22-19-,23-20-,30-28-,31-29-,36-34-,37-35-,68-65+. The zero-order valence-electron chi connectivity index (χ0n) is 58.0. The number of carbonyl (C=O) groups is 2. The van der Waals surface area contributed by atoms with Crippen molar-refractivity contribution in [3.8, 4) is 0 Å². The molecule has 0 fully saturated rings. The average molecular weight is 1240 g/mol. The number of rotatable bonds is 67. The van der Waals surface area contributed by atoms with Gasteiger partial charge in [0.2, 0.25) is 5.91 Å². The first kappa shape index (κ1) is 84.2. The smallest absolute Gasteiger partial charge is 0.456 e. The van der Waals surface area contributed by atoms with Crippen LogP contribution in [0.15, 0.2) is 85.1 Å². The molecule has 10 heteroatoms. The third kappa shape index (κ3) is 67.4. The van der Waals surface area contributed by atoms with E-state index in [0.717, 1.165) is 83.5 Å². The molecule has 0 rings (SSSR count). The van der Waals surface area contributed by atoms with Crippen molar-refractivity contribution in [2.75, 3.05) is 40.9 Å². The maximum Gasteiger partial charge on any atom is 0.472 e. The van der Waals surface area contributed by atoms with Gasteiger partial charge in [0.25, 0.3) is 0 Å². The minimum absolute atomic E-state index is 0.0371. The number of allylic oxidation sites excluding steroid dienone is 13. The number of esters is 1. The number of quaternary nitrogens is 1. The molecule has 0 saturated carbocycles. The Labute approximate surface area is 539 Å². The predicted octanol–water partition coefficient (Wildman–Crippen LogP) is 23.7. The predicted molar refractivity (Wildman–Crippen MR) is 378 cm³/mol. The third-order valence-electron chi connectivity index (χ3n) is 16.3. The topological polar surface area (TPSA) is 111 Å². The van der Waals surface area contributed by atoms with Crippen LogP contribution in [-0.2, 0) is 27.9 Å². The van der Waals surface area contributed by atoms with Gasteiger partial charge in [-0.05, 0) is 109 Å². The van der Waals surface area contributed by atoms with Crippen LogP contribution in [0.4, 0.5) is 0 Å². The summed E-state index contributed by atoms with van der Waals surface area (Å²) in [5.41, 5.74) is 0. The molecular weight excluding hydrogens is 1100 g/mol. The summed E-state index contributed by atoms with van der Waals surface area (Å²) in [6.07, 6.45) is 88.7. The number of phosphoric acid groups is 1. The van der Waals surface area contributed by atoms with Gasteiger partial charge in [-0.3, -0.25) is 18.6 Å². The molecule has 0 bridgehead atoms. The molecule has 3 atom stereocenters. The molecule has 1 amide bonds. The first-order chi connectivity index (χ1) is 42.4. The Morgan fingerprint density at radius 1 is 0.402 bits per heavy atom. The number of hydrogen-bond donors (Lipinski definition) is 2. The van der Waals surface area contributed by atoms with E-state index in [0.29, 0.717) is 17.4 Å². The molecule has 0 saturated heterocycles. The number of likely N-dealkylation sites (N-methyl/N-ethyl adjacent to an activating group) is 1. The fraction of sp³-hybridized carbons (Fsp3) is 0.792. The number of ether oxygens (including phenoxy) is 1. The van der Waals surface area contributed by atoms with Crippen LogP contribution in [0.3, 0.4) is 0 Å². The highest BCUT2D eigenvalue weighted by molar-refractivity contribution is 7.47. The molecule has 506 valence electrons.